The molecule has 0 aromatic heterocycles. The first-order valence-corrected chi connectivity index (χ1v) is 5.50. The highest BCUT2D eigenvalue weighted by molar-refractivity contribution is 6.01. The standard InChI is InChI=1S/C13H16O3/c1-15-11-4-3-5-12(16-2)13(11)10(14)8-9-6-7-9/h3-5,9H,6-8H2,1-2H3. The van der Waals surface area contributed by atoms with Crippen molar-refractivity contribution in [2.75, 3.05) is 14.2 Å². The van der Waals surface area contributed by atoms with Gasteiger partial charge in [0.15, 0.2) is 5.78 Å². The molecular weight excluding hydrogens is 204 g/mol. The second-order valence-corrected chi connectivity index (χ2v) is 4.11. The minimum atomic E-state index is 0.122. The molecule has 3 nitrogen and oxygen atoms in total. The highest BCUT2D eigenvalue weighted by atomic mass is 16.5. The largest absolute Gasteiger partial charge is 0.496 e. The lowest BCUT2D eigenvalue weighted by atomic mass is 10.0. The summed E-state index contributed by atoms with van der Waals surface area (Å²) in [6.45, 7) is 0. The van der Waals surface area contributed by atoms with Crippen molar-refractivity contribution in [2.24, 2.45) is 5.92 Å². The van der Waals surface area contributed by atoms with Gasteiger partial charge in [0.1, 0.15) is 17.1 Å². The Labute approximate surface area is 95.4 Å². The Balaban J connectivity index is 2.30. The van der Waals surface area contributed by atoms with E-state index in [-0.39, 0.29) is 5.78 Å². The lowest BCUT2D eigenvalue weighted by molar-refractivity contribution is 0.0970. The SMILES string of the molecule is COc1cccc(OC)c1C(=O)CC1CC1. The molecule has 1 aliphatic rings. The predicted molar refractivity (Wildman–Crippen MR) is 61.2 cm³/mol. The molecule has 1 saturated carbocycles. The molecule has 0 saturated heterocycles. The van der Waals surface area contributed by atoms with E-state index >= 15 is 0 Å². The van der Waals surface area contributed by atoms with Crippen molar-refractivity contribution in [3.63, 3.8) is 0 Å². The molecule has 0 spiro atoms. The summed E-state index contributed by atoms with van der Waals surface area (Å²) in [5.74, 6) is 1.90. The zero-order chi connectivity index (χ0) is 11.5. The number of carbonyl (C=O) groups excluding carboxylic acids is 1. The van der Waals surface area contributed by atoms with Crippen LogP contribution in [0.1, 0.15) is 29.6 Å². The quantitative estimate of drug-likeness (QED) is 0.716. The smallest absolute Gasteiger partial charge is 0.170 e. The van der Waals surface area contributed by atoms with Gasteiger partial charge in [0.05, 0.1) is 14.2 Å². The minimum absolute atomic E-state index is 0.122. The molecular formula is C13H16O3. The van der Waals surface area contributed by atoms with Crippen molar-refractivity contribution < 1.29 is 14.3 Å². The molecule has 0 heterocycles. The van der Waals surface area contributed by atoms with Crippen molar-refractivity contribution >= 4 is 5.78 Å². The Morgan fingerprint density at radius 2 is 1.81 bits per heavy atom. The van der Waals surface area contributed by atoms with Crippen molar-refractivity contribution in [3.8, 4) is 11.5 Å². The maximum atomic E-state index is 12.1. The number of Topliss-reactive ketones (excluding diaryl/α,β-unsaturated/α-hetero) is 1. The normalized spacial score (nSPS) is 14.6. The molecule has 2 rings (SSSR count). The van der Waals surface area contributed by atoms with E-state index in [0.717, 1.165) is 0 Å². The van der Waals surface area contributed by atoms with Crippen molar-refractivity contribution in [1.82, 2.24) is 0 Å². The van der Waals surface area contributed by atoms with E-state index in [1.165, 1.54) is 12.8 Å². The summed E-state index contributed by atoms with van der Waals surface area (Å²) in [7, 11) is 3.14. The number of methoxy groups -OCH3 is 2. The number of hydrogen-bond donors (Lipinski definition) is 0. The molecule has 1 aromatic rings. The Hall–Kier alpha value is -1.51. The van der Waals surface area contributed by atoms with Gasteiger partial charge in [-0.2, -0.15) is 0 Å². The van der Waals surface area contributed by atoms with E-state index in [4.69, 9.17) is 9.47 Å². The Morgan fingerprint density at radius 3 is 2.25 bits per heavy atom. The summed E-state index contributed by atoms with van der Waals surface area (Å²) >= 11 is 0. The zero-order valence-electron chi connectivity index (χ0n) is 9.66. The molecule has 3 heteroatoms. The molecule has 0 atom stereocenters. The molecule has 0 N–H and O–H groups in total. The van der Waals surface area contributed by atoms with Crippen LogP contribution in [-0.2, 0) is 0 Å². The second-order valence-electron chi connectivity index (χ2n) is 4.11. The van der Waals surface area contributed by atoms with Crippen LogP contribution >= 0.6 is 0 Å². The first-order valence-electron chi connectivity index (χ1n) is 5.50. The van der Waals surface area contributed by atoms with Crippen LogP contribution in [0.3, 0.4) is 0 Å². The van der Waals surface area contributed by atoms with Gasteiger partial charge in [-0.1, -0.05) is 6.07 Å². The van der Waals surface area contributed by atoms with Crippen LogP contribution in [0.5, 0.6) is 11.5 Å². The molecule has 0 radical (unpaired) electrons. The third kappa shape index (κ3) is 2.18. The number of rotatable bonds is 5. The van der Waals surface area contributed by atoms with Gasteiger partial charge < -0.3 is 9.47 Å². The van der Waals surface area contributed by atoms with E-state index in [1.54, 1.807) is 26.4 Å². The van der Waals surface area contributed by atoms with E-state index in [2.05, 4.69) is 0 Å². The molecule has 1 fully saturated rings. The van der Waals surface area contributed by atoms with Gasteiger partial charge in [-0.3, -0.25) is 4.79 Å². The van der Waals surface area contributed by atoms with Gasteiger partial charge in [-0.05, 0) is 30.9 Å². The zero-order valence-corrected chi connectivity index (χ0v) is 9.66. The van der Waals surface area contributed by atoms with Gasteiger partial charge in [0.25, 0.3) is 0 Å². The maximum absolute atomic E-state index is 12.1. The summed E-state index contributed by atoms with van der Waals surface area (Å²) in [5.41, 5.74) is 0.583. The summed E-state index contributed by atoms with van der Waals surface area (Å²) < 4.78 is 10.4. The number of ether oxygens (including phenoxy) is 2. The first-order chi connectivity index (χ1) is 7.76. The van der Waals surface area contributed by atoms with Gasteiger partial charge in [-0.15, -0.1) is 0 Å². The van der Waals surface area contributed by atoms with E-state index < -0.39 is 0 Å². The van der Waals surface area contributed by atoms with Gasteiger partial charge >= 0.3 is 0 Å². The van der Waals surface area contributed by atoms with Gasteiger partial charge in [0.2, 0.25) is 0 Å². The fourth-order valence-corrected chi connectivity index (χ4v) is 1.81. The van der Waals surface area contributed by atoms with E-state index in [0.29, 0.717) is 29.4 Å². The summed E-state index contributed by atoms with van der Waals surface area (Å²) in [6, 6.07) is 5.41. The molecule has 1 aromatic carbocycles. The first kappa shape index (κ1) is 11.0. The molecule has 0 bridgehead atoms. The van der Waals surface area contributed by atoms with Gasteiger partial charge in [-0.25, -0.2) is 0 Å². The van der Waals surface area contributed by atoms with Gasteiger partial charge in [0, 0.05) is 6.42 Å². The number of hydrogen-bond acceptors (Lipinski definition) is 3. The van der Waals surface area contributed by atoms with Crippen LogP contribution in [0.2, 0.25) is 0 Å². The van der Waals surface area contributed by atoms with Crippen LogP contribution in [0.4, 0.5) is 0 Å². The third-order valence-corrected chi connectivity index (χ3v) is 2.88. The fraction of sp³-hybridized carbons (Fsp3) is 0.462. The Kier molecular flexibility index (Phi) is 3.13. The highest BCUT2D eigenvalue weighted by Gasteiger charge is 2.27. The number of ketones is 1. The van der Waals surface area contributed by atoms with Crippen molar-refractivity contribution in [3.05, 3.63) is 23.8 Å². The average Bonchev–Trinajstić information content (AvgIpc) is 3.11. The van der Waals surface area contributed by atoms with Crippen LogP contribution in [0, 0.1) is 5.92 Å². The lowest BCUT2D eigenvalue weighted by Gasteiger charge is -2.11. The Morgan fingerprint density at radius 1 is 1.25 bits per heavy atom. The summed E-state index contributed by atoms with van der Waals surface area (Å²) in [5, 5.41) is 0. The topological polar surface area (TPSA) is 35.5 Å². The molecule has 86 valence electrons. The second kappa shape index (κ2) is 4.56. The van der Waals surface area contributed by atoms with E-state index in [1.807, 2.05) is 6.07 Å². The van der Waals surface area contributed by atoms with E-state index in [9.17, 15) is 4.79 Å². The minimum Gasteiger partial charge on any atom is -0.496 e. The third-order valence-electron chi connectivity index (χ3n) is 2.88. The molecule has 0 amide bonds. The van der Waals surface area contributed by atoms with Crippen LogP contribution in [0.25, 0.3) is 0 Å². The predicted octanol–water partition coefficient (Wildman–Crippen LogP) is 2.69. The van der Waals surface area contributed by atoms with Crippen LogP contribution in [0.15, 0.2) is 18.2 Å². The molecule has 0 aliphatic heterocycles. The summed E-state index contributed by atoms with van der Waals surface area (Å²) in [4.78, 5) is 12.1. The summed E-state index contributed by atoms with van der Waals surface area (Å²) in [6.07, 6.45) is 2.95. The van der Waals surface area contributed by atoms with Crippen LogP contribution in [-0.4, -0.2) is 20.0 Å². The monoisotopic (exact) mass is 220 g/mol. The number of benzene rings is 1. The lowest BCUT2D eigenvalue weighted by Crippen LogP contribution is -2.05. The average molecular weight is 220 g/mol. The molecule has 0 unspecified atom stereocenters. The Bertz CT molecular complexity index is 372. The molecule has 16 heavy (non-hydrogen) atoms. The maximum Gasteiger partial charge on any atom is 0.170 e. The van der Waals surface area contributed by atoms with Crippen LogP contribution < -0.4 is 9.47 Å². The van der Waals surface area contributed by atoms with Crippen molar-refractivity contribution in [1.29, 1.82) is 0 Å². The number of carbonyl (C=O) groups is 1. The highest BCUT2D eigenvalue weighted by Crippen LogP contribution is 2.37. The van der Waals surface area contributed by atoms with Crippen molar-refractivity contribution in [2.45, 2.75) is 19.3 Å². The molecule has 1 aliphatic carbocycles. The fourth-order valence-electron chi connectivity index (χ4n) is 1.81.